The highest BCUT2D eigenvalue weighted by Gasteiger charge is 2.16. The molecule has 2 rings (SSSR count). The average Bonchev–Trinajstić information content (AvgIpc) is 2.64. The van der Waals surface area contributed by atoms with Crippen molar-refractivity contribution in [2.45, 2.75) is 6.43 Å². The van der Waals surface area contributed by atoms with Crippen LogP contribution in [0, 0.1) is 0 Å². The molecule has 0 aliphatic rings. The molecule has 2 aromatic rings. The number of amides is 1. The molecule has 1 heterocycles. The number of hydrogen-bond donors (Lipinski definition) is 2. The summed E-state index contributed by atoms with van der Waals surface area (Å²) in [6, 6.07) is 7.27. The lowest BCUT2D eigenvalue weighted by atomic mass is 10.2. The van der Waals surface area contributed by atoms with Crippen molar-refractivity contribution in [1.82, 2.24) is 5.32 Å². The van der Waals surface area contributed by atoms with Crippen molar-refractivity contribution in [3.8, 4) is 0 Å². The molecular weight excluding hydrogens is 246 g/mol. The van der Waals surface area contributed by atoms with E-state index < -0.39 is 18.9 Å². The molecule has 0 aliphatic carbocycles. The molecule has 1 aromatic carbocycles. The van der Waals surface area contributed by atoms with Crippen LogP contribution in [0.5, 0.6) is 0 Å². The van der Waals surface area contributed by atoms with Crippen molar-refractivity contribution >= 4 is 33.0 Å². The lowest BCUT2D eigenvalue weighted by Crippen LogP contribution is -2.28. The zero-order valence-corrected chi connectivity index (χ0v) is 9.56. The molecule has 0 radical (unpaired) electrons. The fraction of sp³-hybridized carbons (Fsp3) is 0.182. The second kappa shape index (κ2) is 4.67. The third-order valence-electron chi connectivity index (χ3n) is 2.26. The number of fused-ring (bicyclic) bond motifs is 1. The summed E-state index contributed by atoms with van der Waals surface area (Å²) in [6.07, 6.45) is -2.56. The van der Waals surface area contributed by atoms with Crippen molar-refractivity contribution < 1.29 is 13.6 Å². The fourth-order valence-corrected chi connectivity index (χ4v) is 2.52. The first-order valence-electron chi connectivity index (χ1n) is 4.93. The molecule has 0 aliphatic heterocycles. The minimum absolute atomic E-state index is 0.284. The van der Waals surface area contributed by atoms with Gasteiger partial charge in [-0.15, -0.1) is 11.3 Å². The summed E-state index contributed by atoms with van der Waals surface area (Å²) in [7, 11) is 0. The highest BCUT2D eigenvalue weighted by atomic mass is 32.1. The van der Waals surface area contributed by atoms with Gasteiger partial charge in [-0.25, -0.2) is 8.78 Å². The van der Waals surface area contributed by atoms with Crippen LogP contribution in [0.2, 0.25) is 0 Å². The standard InChI is InChI=1S/C11H10F2N2OS/c12-8(13)5-15-11(16)10-9(14)6-3-1-2-4-7(6)17-10/h1-4,8H,5,14H2,(H,15,16). The number of anilines is 1. The molecule has 0 bridgehead atoms. The smallest absolute Gasteiger partial charge is 0.263 e. The van der Waals surface area contributed by atoms with Gasteiger partial charge in [-0.05, 0) is 6.07 Å². The van der Waals surface area contributed by atoms with Gasteiger partial charge in [-0.2, -0.15) is 0 Å². The number of halogens is 2. The van der Waals surface area contributed by atoms with Gasteiger partial charge in [0.05, 0.1) is 12.2 Å². The molecule has 1 amide bonds. The zero-order valence-electron chi connectivity index (χ0n) is 8.74. The zero-order chi connectivity index (χ0) is 12.4. The number of nitrogens with one attached hydrogen (secondary N) is 1. The van der Waals surface area contributed by atoms with Crippen molar-refractivity contribution in [3.05, 3.63) is 29.1 Å². The quantitative estimate of drug-likeness (QED) is 0.886. The number of nitrogens with two attached hydrogens (primary N) is 1. The van der Waals surface area contributed by atoms with Gasteiger partial charge >= 0.3 is 0 Å². The minimum Gasteiger partial charge on any atom is -0.397 e. The highest BCUT2D eigenvalue weighted by Crippen LogP contribution is 2.33. The first-order chi connectivity index (χ1) is 8.09. The molecule has 1 aromatic heterocycles. The molecule has 0 atom stereocenters. The van der Waals surface area contributed by atoms with Crippen LogP contribution in [0.4, 0.5) is 14.5 Å². The van der Waals surface area contributed by atoms with E-state index in [0.717, 1.165) is 10.1 Å². The Labute approximate surface area is 100 Å². The molecule has 90 valence electrons. The number of benzene rings is 1. The van der Waals surface area contributed by atoms with Crippen molar-refractivity contribution in [1.29, 1.82) is 0 Å². The number of nitrogen functional groups attached to an aromatic ring is 1. The van der Waals surface area contributed by atoms with E-state index in [1.54, 1.807) is 6.07 Å². The Bertz CT molecular complexity index is 553. The second-order valence-electron chi connectivity index (χ2n) is 3.44. The Kier molecular flexibility index (Phi) is 3.23. The van der Waals surface area contributed by atoms with E-state index in [1.165, 1.54) is 11.3 Å². The minimum atomic E-state index is -2.56. The Morgan fingerprint density at radius 1 is 1.41 bits per heavy atom. The lowest BCUT2D eigenvalue weighted by Gasteiger charge is -2.02. The van der Waals surface area contributed by atoms with Gasteiger partial charge in [-0.1, -0.05) is 18.2 Å². The molecule has 6 heteroatoms. The van der Waals surface area contributed by atoms with Crippen molar-refractivity contribution in [3.63, 3.8) is 0 Å². The van der Waals surface area contributed by atoms with E-state index in [2.05, 4.69) is 5.32 Å². The van der Waals surface area contributed by atoms with E-state index in [-0.39, 0.29) is 4.88 Å². The first-order valence-corrected chi connectivity index (χ1v) is 5.74. The van der Waals surface area contributed by atoms with Gasteiger partial charge in [0.15, 0.2) is 0 Å². The third kappa shape index (κ3) is 2.36. The molecule has 0 saturated carbocycles. The number of rotatable bonds is 3. The van der Waals surface area contributed by atoms with E-state index in [0.29, 0.717) is 5.69 Å². The Morgan fingerprint density at radius 2 is 2.12 bits per heavy atom. The van der Waals surface area contributed by atoms with Crippen molar-refractivity contribution in [2.24, 2.45) is 0 Å². The second-order valence-corrected chi connectivity index (χ2v) is 4.49. The topological polar surface area (TPSA) is 55.1 Å². The van der Waals surface area contributed by atoms with E-state index in [1.807, 2.05) is 18.2 Å². The molecule has 0 saturated heterocycles. The molecule has 0 fully saturated rings. The van der Waals surface area contributed by atoms with Gasteiger partial charge in [0, 0.05) is 10.1 Å². The summed E-state index contributed by atoms with van der Waals surface area (Å²) in [6.45, 7) is -0.660. The van der Waals surface area contributed by atoms with Crippen LogP contribution in [-0.2, 0) is 0 Å². The summed E-state index contributed by atoms with van der Waals surface area (Å²) in [4.78, 5) is 11.9. The van der Waals surface area contributed by atoms with E-state index in [9.17, 15) is 13.6 Å². The average molecular weight is 256 g/mol. The number of hydrogen-bond acceptors (Lipinski definition) is 3. The third-order valence-corrected chi connectivity index (χ3v) is 3.44. The first kappa shape index (κ1) is 11.8. The Balaban J connectivity index is 2.29. The van der Waals surface area contributed by atoms with Crippen LogP contribution in [0.3, 0.4) is 0 Å². The summed E-state index contributed by atoms with van der Waals surface area (Å²) in [5.74, 6) is -0.552. The van der Waals surface area contributed by atoms with Gasteiger partial charge in [0.1, 0.15) is 4.88 Å². The predicted octanol–water partition coefficient (Wildman–Crippen LogP) is 2.48. The summed E-state index contributed by atoms with van der Waals surface area (Å²) in [5, 5.41) is 2.92. The van der Waals surface area contributed by atoms with Gasteiger partial charge in [-0.3, -0.25) is 4.79 Å². The maximum Gasteiger partial charge on any atom is 0.263 e. The number of carbonyl (C=O) groups excluding carboxylic acids is 1. The van der Waals surface area contributed by atoms with Gasteiger partial charge in [0.25, 0.3) is 12.3 Å². The number of alkyl halides is 2. The van der Waals surface area contributed by atoms with Gasteiger partial charge in [0.2, 0.25) is 0 Å². The van der Waals surface area contributed by atoms with Crippen LogP contribution in [0.1, 0.15) is 9.67 Å². The molecule has 3 N–H and O–H groups in total. The van der Waals surface area contributed by atoms with Crippen LogP contribution in [0.25, 0.3) is 10.1 Å². The molecule has 0 spiro atoms. The summed E-state index contributed by atoms with van der Waals surface area (Å²) >= 11 is 1.20. The van der Waals surface area contributed by atoms with Crippen LogP contribution >= 0.6 is 11.3 Å². The van der Waals surface area contributed by atoms with E-state index in [4.69, 9.17) is 5.73 Å². The predicted molar refractivity (Wildman–Crippen MR) is 64.6 cm³/mol. The summed E-state index contributed by atoms with van der Waals surface area (Å²) < 4.78 is 24.8. The Hall–Kier alpha value is -1.69. The fourth-order valence-electron chi connectivity index (χ4n) is 1.48. The van der Waals surface area contributed by atoms with Crippen molar-refractivity contribution in [2.75, 3.05) is 12.3 Å². The monoisotopic (exact) mass is 256 g/mol. The maximum atomic E-state index is 12.0. The van der Waals surface area contributed by atoms with E-state index >= 15 is 0 Å². The SMILES string of the molecule is Nc1c(C(=O)NCC(F)F)sc2ccccc12. The maximum absolute atomic E-state index is 12.0. The number of thiophene rings is 1. The summed E-state index contributed by atoms with van der Waals surface area (Å²) in [5.41, 5.74) is 6.15. The Morgan fingerprint density at radius 3 is 2.76 bits per heavy atom. The normalized spacial score (nSPS) is 11.0. The largest absolute Gasteiger partial charge is 0.397 e. The van der Waals surface area contributed by atoms with Crippen LogP contribution in [0.15, 0.2) is 24.3 Å². The number of carbonyl (C=O) groups is 1. The highest BCUT2D eigenvalue weighted by molar-refractivity contribution is 7.21. The van der Waals surface area contributed by atoms with Crippen LogP contribution < -0.4 is 11.1 Å². The molecule has 3 nitrogen and oxygen atoms in total. The molecule has 17 heavy (non-hydrogen) atoms. The molecule has 0 unspecified atom stereocenters. The lowest BCUT2D eigenvalue weighted by molar-refractivity contribution is 0.0896. The van der Waals surface area contributed by atoms with Gasteiger partial charge < -0.3 is 11.1 Å². The van der Waals surface area contributed by atoms with Crippen LogP contribution in [-0.4, -0.2) is 18.9 Å². The molecular formula is C11H10F2N2OS.